The first-order chi connectivity index (χ1) is 29.7. The predicted molar refractivity (Wildman–Crippen MR) is 241 cm³/mol. The molecule has 3 aromatic heterocycles. The highest BCUT2D eigenvalue weighted by molar-refractivity contribution is 7.90. The van der Waals surface area contributed by atoms with Crippen LogP contribution in [-0.4, -0.2) is 97.2 Å². The van der Waals surface area contributed by atoms with Crippen molar-refractivity contribution in [3.63, 3.8) is 0 Å². The molecule has 16 heteroatoms. The topological polar surface area (TPSA) is 135 Å². The molecule has 1 aliphatic carbocycles. The molecule has 0 atom stereocenters. The van der Waals surface area contributed by atoms with Crippen molar-refractivity contribution < 1.29 is 27.1 Å². The average Bonchev–Trinajstić information content (AvgIpc) is 3.90. The van der Waals surface area contributed by atoms with E-state index < -0.39 is 21.6 Å². The Morgan fingerprint density at radius 3 is 2.50 bits per heavy atom. The van der Waals surface area contributed by atoms with Crippen molar-refractivity contribution in [1.82, 2.24) is 29.4 Å². The molecule has 0 spiro atoms. The Balaban J connectivity index is 0.962. The van der Waals surface area contributed by atoms with Gasteiger partial charge in [0.2, 0.25) is 0 Å². The fourth-order valence-electron chi connectivity index (χ4n) is 8.70. The zero-order valence-corrected chi connectivity index (χ0v) is 36.9. The molecule has 3 aromatic carbocycles. The van der Waals surface area contributed by atoms with Gasteiger partial charge in [0, 0.05) is 87.3 Å². The Labute approximate surface area is 370 Å². The molecule has 9 rings (SSSR count). The molecule has 6 aromatic rings. The van der Waals surface area contributed by atoms with Crippen molar-refractivity contribution in [2.75, 3.05) is 57.4 Å². The van der Waals surface area contributed by atoms with Crippen molar-refractivity contribution in [2.45, 2.75) is 56.5 Å². The van der Waals surface area contributed by atoms with E-state index in [2.05, 4.69) is 55.6 Å². The minimum Gasteiger partial charge on any atom is -0.489 e. The number of piperazine rings is 1. The number of allylic oxidation sites excluding steroid dienone is 1. The number of nitrogens with one attached hydrogen (secondary N) is 2. The third-order valence-electron chi connectivity index (χ3n) is 12.4. The van der Waals surface area contributed by atoms with Crippen molar-refractivity contribution >= 4 is 72.5 Å². The van der Waals surface area contributed by atoms with Gasteiger partial charge < -0.3 is 14.4 Å². The number of sulfonamides is 1. The monoisotopic (exact) mass is 899 g/mol. The van der Waals surface area contributed by atoms with Crippen molar-refractivity contribution in [1.29, 1.82) is 0 Å². The Hall–Kier alpha value is -4.99. The van der Waals surface area contributed by atoms with Crippen molar-refractivity contribution in [3.05, 3.63) is 112 Å². The van der Waals surface area contributed by atoms with E-state index in [0.29, 0.717) is 35.6 Å². The SMILES string of the molecule is CC1(C)CCC(CN2CCN(c3ccc(C(=O)NS(=O)(=O)c4ccc(OCC5(F)CCOCC5)c(Cl)c4)c(-n4[nH]cc5nc6nccc6cc54)c3)CC2)=C(c2ccc(Cl)cc2)C1. The predicted octanol–water partition coefficient (Wildman–Crippen LogP) is 9.01. The van der Waals surface area contributed by atoms with Crippen molar-refractivity contribution in [3.8, 4) is 11.4 Å². The molecule has 2 fully saturated rings. The lowest BCUT2D eigenvalue weighted by molar-refractivity contribution is -0.0323. The molecule has 324 valence electrons. The number of carbonyl (C=O) groups is 1. The van der Waals surface area contributed by atoms with E-state index in [1.54, 1.807) is 23.1 Å². The van der Waals surface area contributed by atoms with Gasteiger partial charge in [-0.25, -0.2) is 27.5 Å². The summed E-state index contributed by atoms with van der Waals surface area (Å²) >= 11 is 12.7. The van der Waals surface area contributed by atoms with Crippen LogP contribution in [0.2, 0.25) is 10.0 Å². The average molecular weight is 901 g/mol. The van der Waals surface area contributed by atoms with Crippen molar-refractivity contribution in [2.24, 2.45) is 5.41 Å². The first-order valence-corrected chi connectivity index (χ1v) is 23.1. The van der Waals surface area contributed by atoms with Gasteiger partial charge in [0.25, 0.3) is 15.9 Å². The normalized spacial score (nSPS) is 18.4. The molecular formula is C46H48Cl2FN7O5S. The van der Waals surface area contributed by atoms with Crippen LogP contribution in [-0.2, 0) is 14.8 Å². The molecule has 12 nitrogen and oxygen atoms in total. The van der Waals surface area contributed by atoms with Gasteiger partial charge >= 0.3 is 0 Å². The number of nitrogens with zero attached hydrogens (tertiary/aromatic N) is 5. The molecule has 1 amide bonds. The molecular weight excluding hydrogens is 853 g/mol. The molecule has 5 heterocycles. The minimum absolute atomic E-state index is 0.0308. The summed E-state index contributed by atoms with van der Waals surface area (Å²) < 4.78 is 57.5. The van der Waals surface area contributed by atoms with E-state index >= 15 is 4.39 Å². The molecule has 62 heavy (non-hydrogen) atoms. The van der Waals surface area contributed by atoms with Crippen LogP contribution in [0.1, 0.15) is 61.9 Å². The lowest BCUT2D eigenvalue weighted by Gasteiger charge is -2.39. The number of halogens is 3. The first kappa shape index (κ1) is 42.3. The Bertz CT molecular complexity index is 2790. The van der Waals surface area contributed by atoms with E-state index in [1.807, 2.05) is 36.4 Å². The third kappa shape index (κ3) is 8.94. The molecule has 0 saturated carbocycles. The molecule has 2 N–H and O–H groups in total. The second kappa shape index (κ2) is 16.9. The number of ether oxygens (including phenoxy) is 2. The molecule has 2 aliphatic heterocycles. The van der Waals surface area contributed by atoms with Gasteiger partial charge in [-0.15, -0.1) is 0 Å². The Morgan fingerprint density at radius 1 is 0.968 bits per heavy atom. The lowest BCUT2D eigenvalue weighted by atomic mass is 9.72. The maximum absolute atomic E-state index is 15.1. The van der Waals surface area contributed by atoms with Crippen LogP contribution in [0.4, 0.5) is 10.1 Å². The fraction of sp³-hybridized carbons (Fsp3) is 0.370. The standard InChI is InChI=1S/C46H48Cl2FN7O5S/c1-45(2)13-11-32(37(26-45)30-3-5-33(47)6-4-30)28-54-17-19-55(20-18-54)34-7-9-36(40(24-34)56-41-23-31-12-16-50-43(31)52-39(41)27-51-56)44(57)53-62(58,59)35-8-10-42(38(48)25-35)61-29-46(49)14-21-60-22-15-46/h3-10,12,16,23-25,27,51H,11,13-15,17-22,26,28-29H2,1-2H3,(H,53,57). The summed E-state index contributed by atoms with van der Waals surface area (Å²) in [5.74, 6) is -0.707. The van der Waals surface area contributed by atoms with E-state index in [-0.39, 0.29) is 46.1 Å². The summed E-state index contributed by atoms with van der Waals surface area (Å²) in [7, 11) is -4.42. The molecule has 0 bridgehead atoms. The highest BCUT2D eigenvalue weighted by Gasteiger charge is 2.34. The number of hydrogen-bond acceptors (Lipinski definition) is 9. The van der Waals surface area contributed by atoms with Gasteiger partial charge in [0.05, 0.1) is 26.7 Å². The number of anilines is 1. The van der Waals surface area contributed by atoms with Crippen LogP contribution in [0.5, 0.6) is 5.75 Å². The zero-order chi connectivity index (χ0) is 43.2. The highest BCUT2D eigenvalue weighted by atomic mass is 35.5. The largest absolute Gasteiger partial charge is 0.489 e. The van der Waals surface area contributed by atoms with Crippen LogP contribution in [0.25, 0.3) is 33.3 Å². The van der Waals surface area contributed by atoms with Gasteiger partial charge in [0.15, 0.2) is 5.65 Å². The van der Waals surface area contributed by atoms with Gasteiger partial charge in [-0.1, -0.05) is 54.8 Å². The smallest absolute Gasteiger partial charge is 0.267 e. The van der Waals surface area contributed by atoms with Gasteiger partial charge in [0.1, 0.15) is 23.5 Å². The summed E-state index contributed by atoms with van der Waals surface area (Å²) in [5.41, 5.74) is 6.15. The number of carbonyl (C=O) groups excluding carboxylic acids is 1. The highest BCUT2D eigenvalue weighted by Crippen LogP contribution is 2.43. The molecule has 0 radical (unpaired) electrons. The number of alkyl halides is 1. The second-order valence-electron chi connectivity index (χ2n) is 17.3. The molecule has 3 aliphatic rings. The number of amides is 1. The van der Waals surface area contributed by atoms with Crippen LogP contribution >= 0.6 is 23.2 Å². The number of pyridine rings is 1. The molecule has 2 saturated heterocycles. The zero-order valence-electron chi connectivity index (χ0n) is 34.6. The lowest BCUT2D eigenvalue weighted by Crippen LogP contribution is -2.47. The fourth-order valence-corrected chi connectivity index (χ4v) is 10.1. The maximum atomic E-state index is 15.1. The third-order valence-corrected chi connectivity index (χ3v) is 14.3. The minimum atomic E-state index is -4.42. The summed E-state index contributed by atoms with van der Waals surface area (Å²) in [5, 5.41) is 4.76. The van der Waals surface area contributed by atoms with E-state index in [0.717, 1.165) is 68.1 Å². The molecule has 0 unspecified atom stereocenters. The van der Waals surface area contributed by atoms with Crippen LogP contribution < -0.4 is 14.4 Å². The summed E-state index contributed by atoms with van der Waals surface area (Å²) in [6.45, 7) is 9.13. The summed E-state index contributed by atoms with van der Waals surface area (Å²) in [6.07, 6.45) is 7.02. The number of H-pyrrole nitrogens is 1. The maximum Gasteiger partial charge on any atom is 0.267 e. The number of rotatable bonds is 11. The number of benzene rings is 3. The van der Waals surface area contributed by atoms with E-state index in [4.69, 9.17) is 32.7 Å². The number of hydrogen-bond donors (Lipinski definition) is 2. The quantitative estimate of drug-likeness (QED) is 0.131. The number of aromatic amines is 1. The summed E-state index contributed by atoms with van der Waals surface area (Å²) in [6, 6.07) is 21.2. The first-order valence-electron chi connectivity index (χ1n) is 20.9. The second-order valence-corrected chi connectivity index (χ2v) is 19.9. The van der Waals surface area contributed by atoms with E-state index in [9.17, 15) is 13.2 Å². The van der Waals surface area contributed by atoms with E-state index in [1.165, 1.54) is 34.9 Å². The number of aromatic nitrogens is 4. The van der Waals surface area contributed by atoms with Gasteiger partial charge in [-0.3, -0.25) is 19.5 Å². The Morgan fingerprint density at radius 2 is 1.74 bits per heavy atom. The van der Waals surface area contributed by atoms with Gasteiger partial charge in [-0.2, -0.15) is 0 Å². The van der Waals surface area contributed by atoms with Crippen LogP contribution in [0, 0.1) is 5.41 Å². The number of fused-ring (bicyclic) bond motifs is 2. The van der Waals surface area contributed by atoms with Crippen LogP contribution in [0.15, 0.2) is 95.7 Å². The summed E-state index contributed by atoms with van der Waals surface area (Å²) in [4.78, 5) is 27.7. The van der Waals surface area contributed by atoms with Crippen LogP contribution in [0.3, 0.4) is 0 Å². The Kier molecular flexibility index (Phi) is 11.6. The van der Waals surface area contributed by atoms with Gasteiger partial charge in [-0.05, 0) is 96.5 Å².